The Kier molecular flexibility index (Phi) is 4.11. The zero-order valence-electron chi connectivity index (χ0n) is 11.8. The van der Waals surface area contributed by atoms with Crippen molar-refractivity contribution in [2.75, 3.05) is 20.7 Å². The summed E-state index contributed by atoms with van der Waals surface area (Å²) >= 11 is 0. The molecule has 0 radical (unpaired) electrons. The molecule has 17 heavy (non-hydrogen) atoms. The van der Waals surface area contributed by atoms with Crippen molar-refractivity contribution in [2.24, 2.45) is 0 Å². The lowest BCUT2D eigenvalue weighted by molar-refractivity contribution is -0.0598. The first-order chi connectivity index (χ1) is 8.05. The van der Waals surface area contributed by atoms with Crippen LogP contribution in [0.3, 0.4) is 0 Å². The maximum Gasteiger partial charge on any atom is 0.0749 e. The van der Waals surface area contributed by atoms with Crippen LogP contribution in [0.1, 0.15) is 46.0 Å². The van der Waals surface area contributed by atoms with Crippen LogP contribution < -0.4 is 5.32 Å². The number of rotatable bonds is 4. The Labute approximate surface area is 106 Å². The molecule has 2 unspecified atom stereocenters. The highest BCUT2D eigenvalue weighted by Gasteiger charge is 2.39. The van der Waals surface area contributed by atoms with Crippen LogP contribution in [0.25, 0.3) is 0 Å². The number of methoxy groups -OCH3 is 1. The third-order valence-corrected chi connectivity index (χ3v) is 4.65. The van der Waals surface area contributed by atoms with Crippen molar-refractivity contribution in [3.05, 3.63) is 0 Å². The Morgan fingerprint density at radius 3 is 2.29 bits per heavy atom. The second kappa shape index (κ2) is 5.25. The first-order valence-corrected chi connectivity index (χ1v) is 7.04. The minimum atomic E-state index is -0.0136. The van der Waals surface area contributed by atoms with Crippen LogP contribution in [0.4, 0.5) is 0 Å². The van der Waals surface area contributed by atoms with E-state index in [1.807, 2.05) is 7.11 Å². The third kappa shape index (κ3) is 3.01. The van der Waals surface area contributed by atoms with Gasteiger partial charge in [-0.25, -0.2) is 0 Å². The molecule has 0 spiro atoms. The second-order valence-electron chi connectivity index (χ2n) is 6.33. The molecule has 2 heterocycles. The van der Waals surface area contributed by atoms with Crippen LogP contribution in [0.5, 0.6) is 0 Å². The molecule has 0 aromatic carbocycles. The zero-order chi connectivity index (χ0) is 12.5. The number of hydrogen-bond acceptors (Lipinski definition) is 3. The lowest BCUT2D eigenvalue weighted by Crippen LogP contribution is -2.59. The lowest BCUT2D eigenvalue weighted by Gasteiger charge is -2.51. The van der Waals surface area contributed by atoms with Gasteiger partial charge in [0.2, 0.25) is 0 Å². The number of nitrogens with zero attached hydrogens (tertiary/aromatic N) is 1. The van der Waals surface area contributed by atoms with Gasteiger partial charge in [0.05, 0.1) is 5.60 Å². The summed E-state index contributed by atoms with van der Waals surface area (Å²) in [6.45, 7) is 5.48. The summed E-state index contributed by atoms with van der Waals surface area (Å²) in [5.41, 5.74) is -0.0136. The van der Waals surface area contributed by atoms with E-state index in [0.29, 0.717) is 0 Å². The molecule has 0 aromatic heterocycles. The number of ether oxygens (including phenoxy) is 1. The Morgan fingerprint density at radius 1 is 1.24 bits per heavy atom. The van der Waals surface area contributed by atoms with Gasteiger partial charge in [-0.3, -0.25) is 4.90 Å². The van der Waals surface area contributed by atoms with Gasteiger partial charge in [0.15, 0.2) is 0 Å². The van der Waals surface area contributed by atoms with Crippen LogP contribution >= 0.6 is 0 Å². The predicted octanol–water partition coefficient (Wildman–Crippen LogP) is 2.02. The van der Waals surface area contributed by atoms with E-state index in [0.717, 1.165) is 24.7 Å². The zero-order valence-corrected chi connectivity index (χ0v) is 11.8. The predicted molar refractivity (Wildman–Crippen MR) is 71.3 cm³/mol. The second-order valence-corrected chi connectivity index (χ2v) is 6.33. The third-order valence-electron chi connectivity index (χ3n) is 4.65. The van der Waals surface area contributed by atoms with Gasteiger partial charge in [0, 0.05) is 31.8 Å². The SMILES string of the molecule is CNC1CC2CCCC(C1)N2CC(C)(C)OC. The highest BCUT2D eigenvalue weighted by atomic mass is 16.5. The van der Waals surface area contributed by atoms with Gasteiger partial charge in [-0.05, 0) is 46.6 Å². The molecular formula is C14H28N2O. The molecule has 3 heteroatoms. The van der Waals surface area contributed by atoms with E-state index in [4.69, 9.17) is 4.74 Å². The summed E-state index contributed by atoms with van der Waals surface area (Å²) < 4.78 is 5.60. The van der Waals surface area contributed by atoms with Crippen LogP contribution in [-0.2, 0) is 4.74 Å². The normalized spacial score (nSPS) is 34.9. The van der Waals surface area contributed by atoms with Gasteiger partial charge >= 0.3 is 0 Å². The van der Waals surface area contributed by atoms with E-state index in [1.54, 1.807) is 0 Å². The highest BCUT2D eigenvalue weighted by Crippen LogP contribution is 2.35. The molecule has 100 valence electrons. The minimum absolute atomic E-state index is 0.0136. The molecule has 2 aliphatic heterocycles. The minimum Gasteiger partial charge on any atom is -0.377 e. The molecule has 1 N–H and O–H groups in total. The average molecular weight is 240 g/mol. The molecule has 0 aromatic rings. The molecule has 2 saturated heterocycles. The number of piperidine rings is 2. The molecule has 2 fully saturated rings. The topological polar surface area (TPSA) is 24.5 Å². The summed E-state index contributed by atoms with van der Waals surface area (Å²) in [5, 5.41) is 3.47. The first kappa shape index (κ1) is 13.3. The number of hydrogen-bond donors (Lipinski definition) is 1. The number of nitrogens with one attached hydrogen (secondary N) is 1. The van der Waals surface area contributed by atoms with Crippen molar-refractivity contribution in [3.8, 4) is 0 Å². The molecule has 2 rings (SSSR count). The van der Waals surface area contributed by atoms with E-state index in [-0.39, 0.29) is 5.60 Å². The van der Waals surface area contributed by atoms with Gasteiger partial charge in [0.1, 0.15) is 0 Å². The monoisotopic (exact) mass is 240 g/mol. The smallest absolute Gasteiger partial charge is 0.0749 e. The molecule has 2 atom stereocenters. The first-order valence-electron chi connectivity index (χ1n) is 7.04. The Hall–Kier alpha value is -0.120. The molecule has 0 amide bonds. The van der Waals surface area contributed by atoms with E-state index in [1.165, 1.54) is 32.1 Å². The Morgan fingerprint density at radius 2 is 1.82 bits per heavy atom. The van der Waals surface area contributed by atoms with Crippen molar-refractivity contribution in [2.45, 2.75) is 69.7 Å². The van der Waals surface area contributed by atoms with E-state index < -0.39 is 0 Å². The average Bonchev–Trinajstić information content (AvgIpc) is 2.28. The van der Waals surface area contributed by atoms with Crippen LogP contribution in [0.2, 0.25) is 0 Å². The van der Waals surface area contributed by atoms with Crippen LogP contribution in [-0.4, -0.2) is 49.3 Å². The van der Waals surface area contributed by atoms with Crippen molar-refractivity contribution >= 4 is 0 Å². The Balaban J connectivity index is 2.02. The molecule has 3 nitrogen and oxygen atoms in total. The molecule has 2 bridgehead atoms. The van der Waals surface area contributed by atoms with Crippen molar-refractivity contribution in [3.63, 3.8) is 0 Å². The maximum absolute atomic E-state index is 5.60. The van der Waals surface area contributed by atoms with E-state index in [2.05, 4.69) is 31.1 Å². The van der Waals surface area contributed by atoms with Crippen molar-refractivity contribution < 1.29 is 4.74 Å². The largest absolute Gasteiger partial charge is 0.377 e. The van der Waals surface area contributed by atoms with Gasteiger partial charge < -0.3 is 10.1 Å². The summed E-state index contributed by atoms with van der Waals surface area (Å²) in [6, 6.07) is 2.27. The fourth-order valence-electron chi connectivity index (χ4n) is 3.48. The Bertz CT molecular complexity index is 241. The van der Waals surface area contributed by atoms with Crippen molar-refractivity contribution in [1.29, 1.82) is 0 Å². The summed E-state index contributed by atoms with van der Waals surface area (Å²) in [5.74, 6) is 0. The van der Waals surface area contributed by atoms with Crippen LogP contribution in [0, 0.1) is 0 Å². The van der Waals surface area contributed by atoms with E-state index in [9.17, 15) is 0 Å². The highest BCUT2D eigenvalue weighted by molar-refractivity contribution is 4.96. The summed E-state index contributed by atoms with van der Waals surface area (Å²) in [6.07, 6.45) is 6.78. The van der Waals surface area contributed by atoms with Gasteiger partial charge in [-0.2, -0.15) is 0 Å². The molecule has 0 saturated carbocycles. The fraction of sp³-hybridized carbons (Fsp3) is 1.00. The summed E-state index contributed by atoms with van der Waals surface area (Å²) in [4.78, 5) is 2.72. The lowest BCUT2D eigenvalue weighted by atomic mass is 9.81. The van der Waals surface area contributed by atoms with E-state index >= 15 is 0 Å². The standard InChI is InChI=1S/C14H28N2O/c1-14(2,17-4)10-16-12-6-5-7-13(16)9-11(8-12)15-3/h11-13,15H,5-10H2,1-4H3. The van der Waals surface area contributed by atoms with Gasteiger partial charge in [-0.1, -0.05) is 6.42 Å². The molecular weight excluding hydrogens is 212 g/mol. The van der Waals surface area contributed by atoms with Crippen molar-refractivity contribution in [1.82, 2.24) is 10.2 Å². The molecule has 0 aliphatic carbocycles. The van der Waals surface area contributed by atoms with Gasteiger partial charge in [-0.15, -0.1) is 0 Å². The van der Waals surface area contributed by atoms with Crippen LogP contribution in [0.15, 0.2) is 0 Å². The summed E-state index contributed by atoms with van der Waals surface area (Å²) in [7, 11) is 3.94. The number of fused-ring (bicyclic) bond motifs is 2. The fourth-order valence-corrected chi connectivity index (χ4v) is 3.48. The maximum atomic E-state index is 5.60. The quantitative estimate of drug-likeness (QED) is 0.813. The van der Waals surface area contributed by atoms with Gasteiger partial charge in [0.25, 0.3) is 0 Å². The molecule has 2 aliphatic rings.